The van der Waals surface area contributed by atoms with E-state index in [1.165, 1.54) is 0 Å². The first-order chi connectivity index (χ1) is 12.8. The lowest BCUT2D eigenvalue weighted by molar-refractivity contribution is 0.0605. The summed E-state index contributed by atoms with van der Waals surface area (Å²) in [5.74, 6) is 0.547. The Hall–Kier alpha value is -3.15. The van der Waals surface area contributed by atoms with Gasteiger partial charge in [-0.25, -0.2) is 9.97 Å². The third-order valence-electron chi connectivity index (χ3n) is 4.63. The van der Waals surface area contributed by atoms with Gasteiger partial charge in [0.15, 0.2) is 5.82 Å². The van der Waals surface area contributed by atoms with Gasteiger partial charge in [-0.3, -0.25) is 14.8 Å². The molecule has 0 aliphatic carbocycles. The maximum atomic E-state index is 13.0. The molecule has 1 aliphatic rings. The van der Waals surface area contributed by atoms with Gasteiger partial charge in [0.1, 0.15) is 0 Å². The van der Waals surface area contributed by atoms with Crippen molar-refractivity contribution in [3.63, 3.8) is 0 Å². The van der Waals surface area contributed by atoms with Crippen LogP contribution in [0, 0.1) is 0 Å². The van der Waals surface area contributed by atoms with Crippen molar-refractivity contribution in [2.24, 2.45) is 0 Å². The van der Waals surface area contributed by atoms with Crippen molar-refractivity contribution in [3.8, 4) is 11.4 Å². The van der Waals surface area contributed by atoms with E-state index in [2.05, 4.69) is 19.9 Å². The van der Waals surface area contributed by atoms with E-state index in [9.17, 15) is 4.79 Å². The molecule has 3 aromatic rings. The SMILES string of the molecule is O=C(c1cnc(-c2ccncc2)nc1)N1CCCCC1c1ccccn1. The molecule has 0 N–H and O–H groups in total. The average molecular weight is 345 g/mol. The van der Waals surface area contributed by atoms with Crippen molar-refractivity contribution in [3.05, 3.63) is 72.6 Å². The second-order valence-corrected chi connectivity index (χ2v) is 6.30. The highest BCUT2D eigenvalue weighted by molar-refractivity contribution is 5.94. The summed E-state index contributed by atoms with van der Waals surface area (Å²) in [5, 5.41) is 0. The highest BCUT2D eigenvalue weighted by Crippen LogP contribution is 2.30. The lowest BCUT2D eigenvalue weighted by Crippen LogP contribution is -2.39. The van der Waals surface area contributed by atoms with Crippen LogP contribution in [0.5, 0.6) is 0 Å². The molecule has 6 nitrogen and oxygen atoms in total. The van der Waals surface area contributed by atoms with E-state index in [1.807, 2.05) is 35.2 Å². The molecule has 0 bridgehead atoms. The molecule has 0 radical (unpaired) electrons. The summed E-state index contributed by atoms with van der Waals surface area (Å²) >= 11 is 0. The smallest absolute Gasteiger partial charge is 0.257 e. The fourth-order valence-corrected chi connectivity index (χ4v) is 3.31. The summed E-state index contributed by atoms with van der Waals surface area (Å²) in [5.41, 5.74) is 2.32. The topological polar surface area (TPSA) is 71.9 Å². The van der Waals surface area contributed by atoms with E-state index >= 15 is 0 Å². The largest absolute Gasteiger partial charge is 0.330 e. The van der Waals surface area contributed by atoms with Gasteiger partial charge in [0.25, 0.3) is 5.91 Å². The fourth-order valence-electron chi connectivity index (χ4n) is 3.31. The van der Waals surface area contributed by atoms with Gasteiger partial charge >= 0.3 is 0 Å². The summed E-state index contributed by atoms with van der Waals surface area (Å²) in [7, 11) is 0. The zero-order valence-corrected chi connectivity index (χ0v) is 14.3. The van der Waals surface area contributed by atoms with Crippen LogP contribution in [0.4, 0.5) is 0 Å². The van der Waals surface area contributed by atoms with E-state index in [1.54, 1.807) is 31.0 Å². The Balaban J connectivity index is 1.58. The minimum Gasteiger partial charge on any atom is -0.330 e. The van der Waals surface area contributed by atoms with E-state index in [0.717, 1.165) is 37.1 Å². The van der Waals surface area contributed by atoms with Gasteiger partial charge in [0, 0.05) is 43.1 Å². The zero-order chi connectivity index (χ0) is 17.8. The van der Waals surface area contributed by atoms with Crippen molar-refractivity contribution >= 4 is 5.91 Å². The molecule has 1 fully saturated rings. The molecule has 130 valence electrons. The average Bonchev–Trinajstić information content (AvgIpc) is 2.75. The first-order valence-corrected chi connectivity index (χ1v) is 8.77. The summed E-state index contributed by atoms with van der Waals surface area (Å²) < 4.78 is 0. The second-order valence-electron chi connectivity index (χ2n) is 6.30. The normalized spacial score (nSPS) is 17.1. The van der Waals surface area contributed by atoms with Crippen LogP contribution in [0.3, 0.4) is 0 Å². The molecule has 1 atom stereocenters. The molecule has 1 unspecified atom stereocenters. The number of carbonyl (C=O) groups excluding carboxylic acids is 1. The van der Waals surface area contributed by atoms with E-state index < -0.39 is 0 Å². The summed E-state index contributed by atoms with van der Waals surface area (Å²) in [6.07, 6.45) is 11.4. The molecule has 0 aromatic carbocycles. The molecule has 0 saturated carbocycles. The maximum absolute atomic E-state index is 13.0. The van der Waals surface area contributed by atoms with Crippen molar-refractivity contribution in [1.82, 2.24) is 24.8 Å². The molecule has 0 spiro atoms. The number of rotatable bonds is 3. The molecule has 3 aromatic heterocycles. The van der Waals surface area contributed by atoms with Gasteiger partial charge < -0.3 is 4.90 Å². The Bertz CT molecular complexity index is 868. The highest BCUT2D eigenvalue weighted by atomic mass is 16.2. The van der Waals surface area contributed by atoms with Crippen LogP contribution in [0.2, 0.25) is 0 Å². The van der Waals surface area contributed by atoms with Crippen LogP contribution in [0.15, 0.2) is 61.3 Å². The number of likely N-dealkylation sites (tertiary alicyclic amines) is 1. The van der Waals surface area contributed by atoms with Crippen molar-refractivity contribution < 1.29 is 4.79 Å². The van der Waals surface area contributed by atoms with Crippen LogP contribution in [0.25, 0.3) is 11.4 Å². The lowest BCUT2D eigenvalue weighted by atomic mass is 9.98. The third kappa shape index (κ3) is 3.31. The molecule has 1 aliphatic heterocycles. The first kappa shape index (κ1) is 16.3. The summed E-state index contributed by atoms with van der Waals surface area (Å²) in [4.78, 5) is 32.1. The number of carbonyl (C=O) groups is 1. The minimum absolute atomic E-state index is 0.0114. The Morgan fingerprint density at radius 2 is 1.77 bits per heavy atom. The Labute approximate surface area is 152 Å². The molecular weight excluding hydrogens is 326 g/mol. The first-order valence-electron chi connectivity index (χ1n) is 8.77. The molecule has 4 rings (SSSR count). The molecular formula is C20H19N5O. The molecule has 1 amide bonds. The molecule has 4 heterocycles. The standard InChI is InChI=1S/C20H19N5O/c26-20(16-13-23-19(24-14-16)15-7-10-21-11-8-15)25-12-4-2-6-18(25)17-5-1-3-9-22-17/h1,3,5,7-11,13-14,18H,2,4,6,12H2. The molecule has 26 heavy (non-hydrogen) atoms. The monoisotopic (exact) mass is 345 g/mol. The van der Waals surface area contributed by atoms with Crippen LogP contribution in [0.1, 0.15) is 41.4 Å². The summed E-state index contributed by atoms with van der Waals surface area (Å²) in [6, 6.07) is 9.55. The van der Waals surface area contributed by atoms with Gasteiger partial charge in [0.2, 0.25) is 0 Å². The van der Waals surface area contributed by atoms with Crippen LogP contribution >= 0.6 is 0 Å². The van der Waals surface area contributed by atoms with Gasteiger partial charge in [0.05, 0.1) is 17.3 Å². The summed E-state index contributed by atoms with van der Waals surface area (Å²) in [6.45, 7) is 0.728. The number of amides is 1. The van der Waals surface area contributed by atoms with Crippen molar-refractivity contribution in [2.75, 3.05) is 6.54 Å². The van der Waals surface area contributed by atoms with Crippen LogP contribution < -0.4 is 0 Å². The fraction of sp³-hybridized carbons (Fsp3) is 0.250. The minimum atomic E-state index is -0.0402. The molecule has 6 heteroatoms. The lowest BCUT2D eigenvalue weighted by Gasteiger charge is -2.35. The number of nitrogens with zero attached hydrogens (tertiary/aromatic N) is 5. The van der Waals surface area contributed by atoms with E-state index in [-0.39, 0.29) is 11.9 Å². The molecule has 1 saturated heterocycles. The van der Waals surface area contributed by atoms with Gasteiger partial charge in [-0.05, 0) is 43.5 Å². The quantitative estimate of drug-likeness (QED) is 0.728. The maximum Gasteiger partial charge on any atom is 0.257 e. The van der Waals surface area contributed by atoms with Crippen molar-refractivity contribution in [1.29, 1.82) is 0 Å². The highest BCUT2D eigenvalue weighted by Gasteiger charge is 2.29. The zero-order valence-electron chi connectivity index (χ0n) is 14.3. The number of hydrogen-bond donors (Lipinski definition) is 0. The number of piperidine rings is 1. The second kappa shape index (κ2) is 7.39. The number of pyridine rings is 2. The van der Waals surface area contributed by atoms with Crippen LogP contribution in [-0.4, -0.2) is 37.3 Å². The van der Waals surface area contributed by atoms with Gasteiger partial charge in [-0.2, -0.15) is 0 Å². The van der Waals surface area contributed by atoms with Crippen LogP contribution in [-0.2, 0) is 0 Å². The Kier molecular flexibility index (Phi) is 4.64. The van der Waals surface area contributed by atoms with Crippen molar-refractivity contribution in [2.45, 2.75) is 25.3 Å². The number of aromatic nitrogens is 4. The predicted octanol–water partition coefficient (Wildman–Crippen LogP) is 3.30. The third-order valence-corrected chi connectivity index (χ3v) is 4.63. The predicted molar refractivity (Wildman–Crippen MR) is 97.1 cm³/mol. The Morgan fingerprint density at radius 1 is 0.962 bits per heavy atom. The number of hydrogen-bond acceptors (Lipinski definition) is 5. The van der Waals surface area contributed by atoms with Gasteiger partial charge in [-0.1, -0.05) is 6.07 Å². The van der Waals surface area contributed by atoms with Gasteiger partial charge in [-0.15, -0.1) is 0 Å². The van der Waals surface area contributed by atoms with E-state index in [0.29, 0.717) is 11.4 Å². The Morgan fingerprint density at radius 3 is 2.50 bits per heavy atom. The van der Waals surface area contributed by atoms with E-state index in [4.69, 9.17) is 0 Å².